The Labute approximate surface area is 154 Å². The smallest absolute Gasteiger partial charge is 0.394 e. The Bertz CT molecular complexity index is 339. The van der Waals surface area contributed by atoms with Gasteiger partial charge in [-0.1, -0.05) is 96.8 Å². The molecule has 5 nitrogen and oxygen atoms in total. The van der Waals surface area contributed by atoms with Gasteiger partial charge in [0.25, 0.3) is 0 Å². The first kappa shape index (κ1) is 24.8. The van der Waals surface area contributed by atoms with E-state index in [0.29, 0.717) is 6.42 Å². The molecule has 0 aliphatic carbocycles. The van der Waals surface area contributed by atoms with E-state index in [-0.39, 0.29) is 0 Å². The van der Waals surface area contributed by atoms with Gasteiger partial charge in [-0.3, -0.25) is 4.52 Å². The molecule has 2 atom stereocenters. The van der Waals surface area contributed by atoms with Crippen LogP contribution in [0.5, 0.6) is 0 Å². The van der Waals surface area contributed by atoms with Crippen molar-refractivity contribution >= 4 is 7.91 Å². The molecule has 150 valence electrons. The van der Waals surface area contributed by atoms with Crippen LogP contribution in [0.2, 0.25) is 0 Å². The normalized spacial score (nSPS) is 13.7. The average molecular weight is 378 g/mol. The minimum Gasteiger partial charge on any atom is -0.394 e. The lowest BCUT2D eigenvalue weighted by molar-refractivity contribution is -0.00329. The van der Waals surface area contributed by atoms with E-state index < -0.39 is 26.7 Å². The van der Waals surface area contributed by atoms with E-state index in [2.05, 4.69) is 11.4 Å². The first-order valence-electron chi connectivity index (χ1n) is 10.2. The average Bonchev–Trinajstić information content (AvgIpc) is 2.60. The fourth-order valence-electron chi connectivity index (χ4n) is 3.08. The molecule has 0 rings (SSSR count). The van der Waals surface area contributed by atoms with Crippen molar-refractivity contribution in [1.82, 2.24) is 0 Å². The highest BCUT2D eigenvalue weighted by atomic mass is 31.1. The van der Waals surface area contributed by atoms with E-state index in [0.717, 1.165) is 19.3 Å². The highest BCUT2D eigenvalue weighted by molar-refractivity contribution is 7.24. The summed E-state index contributed by atoms with van der Waals surface area (Å²) in [6.07, 6.45) is 16.2. The molecular formula is C19H39O5P. The Morgan fingerprint density at radius 1 is 0.760 bits per heavy atom. The third kappa shape index (κ3) is 17.0. The lowest BCUT2D eigenvalue weighted by Gasteiger charge is -2.17. The van der Waals surface area contributed by atoms with Crippen molar-refractivity contribution < 1.29 is 23.9 Å². The van der Waals surface area contributed by atoms with Crippen LogP contribution in [-0.2, 0) is 13.7 Å². The molecule has 2 N–H and O–H groups in total. The quantitative estimate of drug-likeness (QED) is 0.223. The predicted octanol–water partition coefficient (Wildman–Crippen LogP) is 5.68. The Hall–Kier alpha value is -0.220. The van der Waals surface area contributed by atoms with Gasteiger partial charge in [0.2, 0.25) is 0 Å². The molecular weight excluding hydrogens is 339 g/mol. The number of hydrogen-bond donors (Lipinski definition) is 2. The molecule has 0 aromatic carbocycles. The number of unbranched alkanes of at least 4 members (excludes halogenated alkanes) is 13. The Morgan fingerprint density at radius 3 is 1.52 bits per heavy atom. The minimum absolute atomic E-state index is 0.461. The molecule has 0 spiro atoms. The molecule has 0 aromatic heterocycles. The lowest BCUT2D eigenvalue weighted by Crippen LogP contribution is -2.30. The van der Waals surface area contributed by atoms with E-state index >= 15 is 0 Å². The summed E-state index contributed by atoms with van der Waals surface area (Å²) in [5, 5.41) is 18.4. The van der Waals surface area contributed by atoms with Gasteiger partial charge in [0.05, 0.1) is 6.61 Å². The highest BCUT2D eigenvalue weighted by Crippen LogP contribution is 2.20. The Balaban J connectivity index is 3.39. The SMILES string of the molecule is CCCCCCCCCCCCCCCCC(OP(=O)=O)C(O)CO. The monoisotopic (exact) mass is 378 g/mol. The Kier molecular flexibility index (Phi) is 18.4. The number of aliphatic hydroxyl groups is 2. The third-order valence-electron chi connectivity index (χ3n) is 4.68. The van der Waals surface area contributed by atoms with Crippen molar-refractivity contribution in [1.29, 1.82) is 0 Å². The summed E-state index contributed by atoms with van der Waals surface area (Å²) >= 11 is 0. The fraction of sp³-hybridized carbons (Fsp3) is 1.00. The van der Waals surface area contributed by atoms with Crippen LogP contribution >= 0.6 is 7.91 Å². The molecule has 6 heteroatoms. The van der Waals surface area contributed by atoms with Gasteiger partial charge in [-0.2, -0.15) is 0 Å². The van der Waals surface area contributed by atoms with Crippen molar-refractivity contribution in [2.24, 2.45) is 0 Å². The molecule has 0 radical (unpaired) electrons. The standard InChI is InChI=1S/C19H39O5P/c1-2-3-4-5-6-7-8-9-10-11-12-13-14-15-16-19(18(21)17-20)24-25(22)23/h18-21H,2-17H2,1H3. The van der Waals surface area contributed by atoms with Crippen molar-refractivity contribution in [3.05, 3.63) is 0 Å². The predicted molar refractivity (Wildman–Crippen MR) is 101 cm³/mol. The summed E-state index contributed by atoms with van der Waals surface area (Å²) in [6.45, 7) is 1.77. The zero-order valence-corrected chi connectivity index (χ0v) is 16.9. The summed E-state index contributed by atoms with van der Waals surface area (Å²) in [7, 11) is -2.99. The van der Waals surface area contributed by atoms with Gasteiger partial charge in [-0.25, -0.2) is 9.13 Å². The maximum atomic E-state index is 10.6. The van der Waals surface area contributed by atoms with Crippen molar-refractivity contribution in [3.63, 3.8) is 0 Å². The molecule has 25 heavy (non-hydrogen) atoms. The molecule has 0 aliphatic rings. The second-order valence-corrected chi connectivity index (χ2v) is 7.66. The summed E-state index contributed by atoms with van der Waals surface area (Å²) in [5.41, 5.74) is 0. The van der Waals surface area contributed by atoms with E-state index in [1.165, 1.54) is 70.6 Å². The second kappa shape index (κ2) is 18.6. The van der Waals surface area contributed by atoms with Gasteiger partial charge >= 0.3 is 7.91 Å². The maximum absolute atomic E-state index is 10.6. The largest absolute Gasteiger partial charge is 0.468 e. The fourth-order valence-corrected chi connectivity index (χ4v) is 3.55. The lowest BCUT2D eigenvalue weighted by atomic mass is 10.0. The summed E-state index contributed by atoms with van der Waals surface area (Å²) in [5.74, 6) is 0. The topological polar surface area (TPSA) is 83.8 Å². The first-order chi connectivity index (χ1) is 12.1. The van der Waals surface area contributed by atoms with Crippen LogP contribution < -0.4 is 0 Å². The van der Waals surface area contributed by atoms with Gasteiger partial charge < -0.3 is 10.2 Å². The second-order valence-electron chi connectivity index (χ2n) is 7.00. The number of hydrogen-bond acceptors (Lipinski definition) is 5. The molecule has 0 fully saturated rings. The summed E-state index contributed by atoms with van der Waals surface area (Å²) in [4.78, 5) is 0. The van der Waals surface area contributed by atoms with Crippen LogP contribution in [0.1, 0.15) is 103 Å². The first-order valence-corrected chi connectivity index (χ1v) is 11.3. The summed E-state index contributed by atoms with van der Waals surface area (Å²) < 4.78 is 25.9. The van der Waals surface area contributed by atoms with E-state index in [4.69, 9.17) is 5.11 Å². The molecule has 0 bridgehead atoms. The van der Waals surface area contributed by atoms with Crippen molar-refractivity contribution in [2.45, 2.75) is 115 Å². The van der Waals surface area contributed by atoms with Crippen LogP contribution in [0.3, 0.4) is 0 Å². The molecule has 0 aromatic rings. The molecule has 0 aliphatic heterocycles. The Morgan fingerprint density at radius 2 is 1.16 bits per heavy atom. The summed E-state index contributed by atoms with van der Waals surface area (Å²) in [6, 6.07) is 0. The molecule has 0 saturated heterocycles. The highest BCUT2D eigenvalue weighted by Gasteiger charge is 2.20. The van der Waals surface area contributed by atoms with Gasteiger partial charge in [0, 0.05) is 0 Å². The number of aliphatic hydroxyl groups excluding tert-OH is 2. The zero-order valence-electron chi connectivity index (χ0n) is 16.0. The maximum Gasteiger partial charge on any atom is 0.468 e. The van der Waals surface area contributed by atoms with E-state index in [1.807, 2.05) is 0 Å². The van der Waals surface area contributed by atoms with Crippen LogP contribution in [-0.4, -0.2) is 29.0 Å². The van der Waals surface area contributed by atoms with Gasteiger partial charge in [-0.15, -0.1) is 0 Å². The number of rotatable bonds is 19. The minimum atomic E-state index is -2.99. The van der Waals surface area contributed by atoms with Gasteiger partial charge in [-0.05, 0) is 6.42 Å². The van der Waals surface area contributed by atoms with Gasteiger partial charge in [0.1, 0.15) is 12.2 Å². The molecule has 0 amide bonds. The molecule has 0 heterocycles. The van der Waals surface area contributed by atoms with E-state index in [9.17, 15) is 14.2 Å². The zero-order chi connectivity index (χ0) is 18.8. The van der Waals surface area contributed by atoms with Gasteiger partial charge in [0.15, 0.2) is 0 Å². The third-order valence-corrected chi connectivity index (χ3v) is 5.12. The van der Waals surface area contributed by atoms with Crippen molar-refractivity contribution in [2.75, 3.05) is 6.61 Å². The van der Waals surface area contributed by atoms with Crippen LogP contribution in [0.15, 0.2) is 0 Å². The molecule has 2 unspecified atom stereocenters. The van der Waals surface area contributed by atoms with Crippen molar-refractivity contribution in [3.8, 4) is 0 Å². The van der Waals surface area contributed by atoms with Crippen LogP contribution in [0.25, 0.3) is 0 Å². The van der Waals surface area contributed by atoms with E-state index in [1.54, 1.807) is 0 Å². The molecule has 0 saturated carbocycles. The van der Waals surface area contributed by atoms with Crippen LogP contribution in [0, 0.1) is 0 Å². The van der Waals surface area contributed by atoms with Crippen LogP contribution in [0.4, 0.5) is 0 Å².